The molecule has 0 bridgehead atoms. The Morgan fingerprint density at radius 1 is 1.38 bits per heavy atom. The molecule has 2 heterocycles. The van der Waals surface area contributed by atoms with Gasteiger partial charge >= 0.3 is 5.97 Å². The topological polar surface area (TPSA) is 70.5 Å². The second-order valence-corrected chi connectivity index (χ2v) is 7.38. The summed E-state index contributed by atoms with van der Waals surface area (Å²) in [6.07, 6.45) is 1.34. The van der Waals surface area contributed by atoms with Gasteiger partial charge in [0.2, 0.25) is 0 Å². The van der Waals surface area contributed by atoms with Gasteiger partial charge in [-0.15, -0.1) is 11.3 Å². The molecule has 1 amide bonds. The molecule has 2 aromatic rings. The molecular weight excluding hydrogens is 324 g/mol. The minimum atomic E-state index is -0.929. The van der Waals surface area contributed by atoms with E-state index in [-0.39, 0.29) is 5.91 Å². The predicted molar refractivity (Wildman–Crippen MR) is 93.1 cm³/mol. The van der Waals surface area contributed by atoms with Gasteiger partial charge in [0.15, 0.2) is 0 Å². The smallest absolute Gasteiger partial charge is 0.326 e. The number of carboxylic acid groups (broad SMARTS) is 1. The monoisotopic (exact) mass is 344 g/mol. The molecule has 0 aliphatic carbocycles. The van der Waals surface area contributed by atoms with Crippen molar-refractivity contribution >= 4 is 23.2 Å². The van der Waals surface area contributed by atoms with Gasteiger partial charge in [-0.25, -0.2) is 9.78 Å². The highest BCUT2D eigenvalue weighted by Gasteiger charge is 2.35. The van der Waals surface area contributed by atoms with Crippen molar-refractivity contribution in [3.8, 4) is 11.3 Å². The Labute approximate surface area is 145 Å². The molecule has 6 heteroatoms. The third-order valence-electron chi connectivity index (χ3n) is 4.43. The number of likely N-dealkylation sites (tertiary alicyclic amines) is 1. The van der Waals surface area contributed by atoms with Crippen molar-refractivity contribution in [1.82, 2.24) is 9.88 Å². The Hall–Kier alpha value is -2.21. The van der Waals surface area contributed by atoms with E-state index in [1.807, 2.05) is 31.4 Å². The molecule has 24 heavy (non-hydrogen) atoms. The van der Waals surface area contributed by atoms with Gasteiger partial charge in [-0.05, 0) is 37.8 Å². The van der Waals surface area contributed by atoms with E-state index in [1.54, 1.807) is 23.5 Å². The van der Waals surface area contributed by atoms with Gasteiger partial charge < -0.3 is 10.0 Å². The molecule has 1 N–H and O–H groups in total. The number of thiazole rings is 1. The maximum Gasteiger partial charge on any atom is 0.326 e. The van der Waals surface area contributed by atoms with Crippen LogP contribution in [0.1, 0.15) is 35.1 Å². The van der Waals surface area contributed by atoms with Crippen LogP contribution in [-0.4, -0.2) is 39.5 Å². The fourth-order valence-electron chi connectivity index (χ4n) is 3.09. The Balaban J connectivity index is 1.88. The zero-order valence-corrected chi connectivity index (χ0v) is 14.5. The van der Waals surface area contributed by atoms with E-state index in [2.05, 4.69) is 4.98 Å². The fraction of sp³-hybridized carbons (Fsp3) is 0.389. The molecule has 1 aromatic heterocycles. The van der Waals surface area contributed by atoms with E-state index in [9.17, 15) is 14.7 Å². The second kappa shape index (κ2) is 6.73. The average molecular weight is 344 g/mol. The highest BCUT2D eigenvalue weighted by atomic mass is 32.1. The quantitative estimate of drug-likeness (QED) is 0.926. The number of nitrogens with zero attached hydrogens (tertiary/aromatic N) is 2. The Kier molecular flexibility index (Phi) is 4.66. The summed E-state index contributed by atoms with van der Waals surface area (Å²) in [5, 5.41) is 12.4. The maximum atomic E-state index is 12.9. The Bertz CT molecular complexity index is 771. The lowest BCUT2D eigenvalue weighted by atomic mass is 9.91. The normalized spacial score (nSPS) is 20.8. The summed E-state index contributed by atoms with van der Waals surface area (Å²) in [6, 6.07) is 6.53. The second-order valence-electron chi connectivity index (χ2n) is 6.31. The van der Waals surface area contributed by atoms with E-state index >= 15 is 0 Å². The van der Waals surface area contributed by atoms with Crippen molar-refractivity contribution in [3.63, 3.8) is 0 Å². The molecule has 5 nitrogen and oxygen atoms in total. The van der Waals surface area contributed by atoms with E-state index in [0.717, 1.165) is 22.7 Å². The number of carboxylic acids is 1. The zero-order valence-electron chi connectivity index (χ0n) is 13.7. The molecule has 126 valence electrons. The van der Waals surface area contributed by atoms with E-state index in [0.29, 0.717) is 24.4 Å². The number of amides is 1. The summed E-state index contributed by atoms with van der Waals surface area (Å²) < 4.78 is 0. The van der Waals surface area contributed by atoms with Gasteiger partial charge in [0, 0.05) is 23.1 Å². The minimum Gasteiger partial charge on any atom is -0.480 e. The van der Waals surface area contributed by atoms with Crippen molar-refractivity contribution in [2.45, 2.75) is 32.7 Å². The number of hydrogen-bond donors (Lipinski definition) is 1. The summed E-state index contributed by atoms with van der Waals surface area (Å²) in [7, 11) is 0. The number of benzene rings is 1. The predicted octanol–water partition coefficient (Wildman–Crippen LogP) is 3.44. The largest absolute Gasteiger partial charge is 0.480 e. The number of carbonyl (C=O) groups excluding carboxylic acids is 1. The summed E-state index contributed by atoms with van der Waals surface area (Å²) in [5.41, 5.74) is 2.23. The van der Waals surface area contributed by atoms with Crippen LogP contribution in [0.4, 0.5) is 0 Å². The van der Waals surface area contributed by atoms with Crippen LogP contribution in [0.5, 0.6) is 0 Å². The van der Waals surface area contributed by atoms with Gasteiger partial charge in [0.1, 0.15) is 6.04 Å². The van der Waals surface area contributed by atoms with Crippen LogP contribution >= 0.6 is 11.3 Å². The van der Waals surface area contributed by atoms with Crippen LogP contribution in [0.3, 0.4) is 0 Å². The van der Waals surface area contributed by atoms with Gasteiger partial charge in [-0.3, -0.25) is 4.79 Å². The fourth-order valence-corrected chi connectivity index (χ4v) is 3.71. The Morgan fingerprint density at radius 2 is 2.17 bits per heavy atom. The van der Waals surface area contributed by atoms with Crippen LogP contribution < -0.4 is 0 Å². The number of aliphatic carboxylic acids is 1. The van der Waals surface area contributed by atoms with Crippen molar-refractivity contribution in [3.05, 3.63) is 40.2 Å². The summed E-state index contributed by atoms with van der Waals surface area (Å²) in [4.78, 5) is 30.3. The first-order chi connectivity index (χ1) is 11.5. The highest BCUT2D eigenvalue weighted by molar-refractivity contribution is 7.09. The number of piperidine rings is 1. The highest BCUT2D eigenvalue weighted by Crippen LogP contribution is 2.27. The van der Waals surface area contributed by atoms with Gasteiger partial charge in [-0.1, -0.05) is 19.1 Å². The van der Waals surface area contributed by atoms with Crippen LogP contribution in [-0.2, 0) is 4.79 Å². The van der Waals surface area contributed by atoms with Gasteiger partial charge in [0.05, 0.1) is 10.7 Å². The standard InChI is InChI=1S/C18H20N2O3S/c1-11-6-7-20(16(8-11)18(22)23)17(21)14-5-3-4-13(9-14)15-10-24-12(2)19-15/h3-5,9-11,16H,6-8H2,1-2H3,(H,22,23). The zero-order chi connectivity index (χ0) is 17.3. The van der Waals surface area contributed by atoms with Crippen molar-refractivity contribution in [2.24, 2.45) is 5.92 Å². The van der Waals surface area contributed by atoms with Crippen molar-refractivity contribution < 1.29 is 14.7 Å². The SMILES string of the molecule is Cc1nc(-c2cccc(C(=O)N3CCC(C)CC3C(=O)O)c2)cs1. The molecule has 1 aliphatic heterocycles. The third kappa shape index (κ3) is 3.33. The molecule has 0 spiro atoms. The lowest BCUT2D eigenvalue weighted by Crippen LogP contribution is -2.49. The minimum absolute atomic E-state index is 0.219. The van der Waals surface area contributed by atoms with Gasteiger partial charge in [0.25, 0.3) is 5.91 Å². The first-order valence-corrected chi connectivity index (χ1v) is 8.90. The maximum absolute atomic E-state index is 12.9. The number of aryl methyl sites for hydroxylation is 1. The van der Waals surface area contributed by atoms with Crippen molar-refractivity contribution in [2.75, 3.05) is 6.54 Å². The van der Waals surface area contributed by atoms with Crippen molar-refractivity contribution in [1.29, 1.82) is 0 Å². The average Bonchev–Trinajstić information content (AvgIpc) is 3.01. The van der Waals surface area contributed by atoms with Crippen LogP contribution in [0.25, 0.3) is 11.3 Å². The summed E-state index contributed by atoms with van der Waals surface area (Å²) >= 11 is 1.56. The molecule has 2 unspecified atom stereocenters. The molecule has 0 saturated carbocycles. The first kappa shape index (κ1) is 16.6. The molecule has 1 fully saturated rings. The molecule has 3 rings (SSSR count). The Morgan fingerprint density at radius 3 is 2.83 bits per heavy atom. The van der Waals surface area contributed by atoms with Crippen LogP contribution in [0.2, 0.25) is 0 Å². The summed E-state index contributed by atoms with van der Waals surface area (Å²) in [5.74, 6) is -0.830. The molecule has 1 aliphatic rings. The lowest BCUT2D eigenvalue weighted by molar-refractivity contribution is -0.144. The van der Waals surface area contributed by atoms with E-state index < -0.39 is 12.0 Å². The number of carbonyl (C=O) groups is 2. The van der Waals surface area contributed by atoms with E-state index in [4.69, 9.17) is 0 Å². The summed E-state index contributed by atoms with van der Waals surface area (Å²) in [6.45, 7) is 4.45. The molecule has 0 radical (unpaired) electrons. The number of aromatic nitrogens is 1. The van der Waals surface area contributed by atoms with Gasteiger partial charge in [-0.2, -0.15) is 0 Å². The van der Waals surface area contributed by atoms with E-state index in [1.165, 1.54) is 4.90 Å². The van der Waals surface area contributed by atoms with Crippen LogP contribution in [0.15, 0.2) is 29.6 Å². The molecule has 1 saturated heterocycles. The number of rotatable bonds is 3. The molecule has 2 atom stereocenters. The first-order valence-electron chi connectivity index (χ1n) is 8.02. The lowest BCUT2D eigenvalue weighted by Gasteiger charge is -2.36. The molecular formula is C18H20N2O3S. The molecule has 1 aromatic carbocycles. The van der Waals surface area contributed by atoms with Crippen LogP contribution in [0, 0.1) is 12.8 Å². The number of hydrogen-bond acceptors (Lipinski definition) is 4. The third-order valence-corrected chi connectivity index (χ3v) is 5.21.